The number of hydrogen-bond acceptors (Lipinski definition) is 2. The van der Waals surface area contributed by atoms with Crippen LogP contribution in [0, 0.1) is 11.3 Å². The fraction of sp³-hybridized carbons (Fsp3) is 0.750. The zero-order valence-electron chi connectivity index (χ0n) is 10.2. The third-order valence-electron chi connectivity index (χ3n) is 2.71. The van der Waals surface area contributed by atoms with Gasteiger partial charge in [0, 0.05) is 5.57 Å². The number of carbonyl (C=O) groups is 1. The minimum Gasteiger partial charge on any atom is -0.459 e. The molecule has 2 unspecified atom stereocenters. The van der Waals surface area contributed by atoms with Crippen molar-refractivity contribution in [2.24, 2.45) is 11.3 Å². The highest BCUT2D eigenvalue weighted by Crippen LogP contribution is 2.29. The van der Waals surface area contributed by atoms with Gasteiger partial charge in [0.1, 0.15) is 6.10 Å². The molecule has 2 atom stereocenters. The molecule has 82 valence electrons. The number of ether oxygens (including phenoxy) is 1. The third kappa shape index (κ3) is 3.95. The maximum atomic E-state index is 11.3. The van der Waals surface area contributed by atoms with E-state index in [1.165, 1.54) is 0 Å². The van der Waals surface area contributed by atoms with E-state index in [0.29, 0.717) is 11.5 Å². The summed E-state index contributed by atoms with van der Waals surface area (Å²) in [6, 6.07) is 0. The maximum Gasteiger partial charge on any atom is 0.333 e. The van der Waals surface area contributed by atoms with E-state index in [2.05, 4.69) is 34.3 Å². The Morgan fingerprint density at radius 1 is 1.29 bits per heavy atom. The smallest absolute Gasteiger partial charge is 0.333 e. The molecule has 0 heterocycles. The summed E-state index contributed by atoms with van der Waals surface area (Å²) in [5.41, 5.74) is 0.604. The standard InChI is InChI=1S/C12H22O2/c1-8(2)11(13)14-10(4)9(3)12(5,6)7/h9-10H,1H2,2-7H3. The van der Waals surface area contributed by atoms with Gasteiger partial charge in [-0.15, -0.1) is 0 Å². The zero-order valence-corrected chi connectivity index (χ0v) is 10.2. The summed E-state index contributed by atoms with van der Waals surface area (Å²) in [6.07, 6.45) is -0.0702. The molecule has 0 aromatic heterocycles. The van der Waals surface area contributed by atoms with Crippen LogP contribution in [0.3, 0.4) is 0 Å². The average molecular weight is 198 g/mol. The molecule has 0 rings (SSSR count). The summed E-state index contributed by atoms with van der Waals surface area (Å²) in [7, 11) is 0. The summed E-state index contributed by atoms with van der Waals surface area (Å²) >= 11 is 0. The summed E-state index contributed by atoms with van der Waals surface area (Å²) in [6.45, 7) is 15.7. The van der Waals surface area contributed by atoms with Crippen LogP contribution in [0.25, 0.3) is 0 Å². The second-order valence-electron chi connectivity index (χ2n) is 5.05. The first-order valence-electron chi connectivity index (χ1n) is 5.02. The van der Waals surface area contributed by atoms with Crippen LogP contribution in [0.1, 0.15) is 41.5 Å². The molecule has 14 heavy (non-hydrogen) atoms. The Labute approximate surface area is 87.3 Å². The van der Waals surface area contributed by atoms with Gasteiger partial charge in [0.15, 0.2) is 0 Å². The van der Waals surface area contributed by atoms with Crippen molar-refractivity contribution in [3.05, 3.63) is 12.2 Å². The number of hydrogen-bond donors (Lipinski definition) is 0. The van der Waals surface area contributed by atoms with Crippen molar-refractivity contribution < 1.29 is 9.53 Å². The normalized spacial score (nSPS) is 15.9. The van der Waals surface area contributed by atoms with Crippen LogP contribution in [-0.2, 0) is 9.53 Å². The Hall–Kier alpha value is -0.790. The van der Waals surface area contributed by atoms with Gasteiger partial charge in [-0.05, 0) is 25.2 Å². The molecule has 0 N–H and O–H groups in total. The summed E-state index contributed by atoms with van der Waals surface area (Å²) in [4.78, 5) is 11.3. The van der Waals surface area contributed by atoms with E-state index in [-0.39, 0.29) is 17.5 Å². The lowest BCUT2D eigenvalue weighted by Crippen LogP contribution is -2.31. The van der Waals surface area contributed by atoms with Crippen molar-refractivity contribution in [2.75, 3.05) is 0 Å². The number of esters is 1. The van der Waals surface area contributed by atoms with Crippen molar-refractivity contribution in [3.63, 3.8) is 0 Å². The first kappa shape index (κ1) is 13.2. The van der Waals surface area contributed by atoms with E-state index in [4.69, 9.17) is 4.74 Å². The molecule has 2 nitrogen and oxygen atoms in total. The molecule has 0 bridgehead atoms. The highest BCUT2D eigenvalue weighted by Gasteiger charge is 2.27. The zero-order chi connectivity index (χ0) is 11.5. The maximum absolute atomic E-state index is 11.3. The van der Waals surface area contributed by atoms with Crippen LogP contribution in [0.5, 0.6) is 0 Å². The second-order valence-corrected chi connectivity index (χ2v) is 5.05. The summed E-state index contributed by atoms with van der Waals surface area (Å²) in [5.74, 6) is 0.0272. The Balaban J connectivity index is 4.29. The van der Waals surface area contributed by atoms with Gasteiger partial charge in [-0.25, -0.2) is 4.79 Å². The fourth-order valence-corrected chi connectivity index (χ4v) is 1.08. The molecular weight excluding hydrogens is 176 g/mol. The molecule has 0 spiro atoms. The van der Waals surface area contributed by atoms with Crippen molar-refractivity contribution in [3.8, 4) is 0 Å². The lowest BCUT2D eigenvalue weighted by Gasteiger charge is -2.31. The first-order chi connectivity index (χ1) is 6.16. The van der Waals surface area contributed by atoms with Crippen molar-refractivity contribution in [1.82, 2.24) is 0 Å². The monoisotopic (exact) mass is 198 g/mol. The van der Waals surface area contributed by atoms with E-state index in [1.807, 2.05) is 6.92 Å². The molecule has 0 aromatic rings. The Bertz CT molecular complexity index is 223. The van der Waals surface area contributed by atoms with Crippen molar-refractivity contribution in [1.29, 1.82) is 0 Å². The topological polar surface area (TPSA) is 26.3 Å². The lowest BCUT2D eigenvalue weighted by atomic mass is 9.79. The molecule has 0 fully saturated rings. The van der Waals surface area contributed by atoms with E-state index in [1.54, 1.807) is 6.92 Å². The number of carbonyl (C=O) groups excluding carboxylic acids is 1. The van der Waals surface area contributed by atoms with Crippen LogP contribution in [0.2, 0.25) is 0 Å². The predicted octanol–water partition coefficient (Wildman–Crippen LogP) is 3.18. The molecule has 0 aliphatic heterocycles. The van der Waals surface area contributed by atoms with Crippen molar-refractivity contribution in [2.45, 2.75) is 47.6 Å². The third-order valence-corrected chi connectivity index (χ3v) is 2.71. The van der Waals surface area contributed by atoms with Gasteiger partial charge in [0.25, 0.3) is 0 Å². The summed E-state index contributed by atoms with van der Waals surface area (Å²) in [5, 5.41) is 0. The minimum absolute atomic E-state index is 0.0702. The minimum atomic E-state index is -0.298. The number of rotatable bonds is 3. The van der Waals surface area contributed by atoms with Crippen LogP contribution >= 0.6 is 0 Å². The highest BCUT2D eigenvalue weighted by atomic mass is 16.5. The van der Waals surface area contributed by atoms with Crippen LogP contribution in [0.15, 0.2) is 12.2 Å². The second kappa shape index (κ2) is 4.63. The molecule has 2 heteroatoms. The molecule has 0 aliphatic rings. The molecule has 0 amide bonds. The van der Waals surface area contributed by atoms with E-state index < -0.39 is 0 Å². The van der Waals surface area contributed by atoms with E-state index in [0.717, 1.165) is 0 Å². The highest BCUT2D eigenvalue weighted by molar-refractivity contribution is 5.87. The van der Waals surface area contributed by atoms with E-state index in [9.17, 15) is 4.79 Å². The van der Waals surface area contributed by atoms with Crippen molar-refractivity contribution >= 4 is 5.97 Å². The van der Waals surface area contributed by atoms with Gasteiger partial charge in [-0.1, -0.05) is 34.3 Å². The van der Waals surface area contributed by atoms with Crippen LogP contribution in [0.4, 0.5) is 0 Å². The molecule has 0 aliphatic carbocycles. The Morgan fingerprint density at radius 3 is 2.00 bits per heavy atom. The molecule has 0 saturated carbocycles. The largest absolute Gasteiger partial charge is 0.459 e. The molecular formula is C12H22O2. The summed E-state index contributed by atoms with van der Waals surface area (Å²) < 4.78 is 5.26. The molecule has 0 saturated heterocycles. The lowest BCUT2D eigenvalue weighted by molar-refractivity contribution is -0.147. The van der Waals surface area contributed by atoms with Crippen LogP contribution in [-0.4, -0.2) is 12.1 Å². The van der Waals surface area contributed by atoms with Gasteiger partial charge in [-0.3, -0.25) is 0 Å². The van der Waals surface area contributed by atoms with E-state index >= 15 is 0 Å². The van der Waals surface area contributed by atoms with Gasteiger partial charge in [-0.2, -0.15) is 0 Å². The quantitative estimate of drug-likeness (QED) is 0.514. The van der Waals surface area contributed by atoms with Gasteiger partial charge in [0.05, 0.1) is 0 Å². The van der Waals surface area contributed by atoms with Gasteiger partial charge >= 0.3 is 5.97 Å². The predicted molar refractivity (Wildman–Crippen MR) is 59.0 cm³/mol. The first-order valence-corrected chi connectivity index (χ1v) is 5.02. The van der Waals surface area contributed by atoms with Gasteiger partial charge < -0.3 is 4.74 Å². The molecule has 0 radical (unpaired) electrons. The molecule has 0 aromatic carbocycles. The van der Waals surface area contributed by atoms with Crippen LogP contribution < -0.4 is 0 Å². The Morgan fingerprint density at radius 2 is 1.71 bits per heavy atom. The average Bonchev–Trinajstić information content (AvgIpc) is 2.00. The Kier molecular flexibility index (Phi) is 4.37. The SMILES string of the molecule is C=C(C)C(=O)OC(C)C(C)C(C)(C)C. The van der Waals surface area contributed by atoms with Gasteiger partial charge in [0.2, 0.25) is 0 Å². The fourth-order valence-electron chi connectivity index (χ4n) is 1.08.